The van der Waals surface area contributed by atoms with Crippen molar-refractivity contribution in [3.63, 3.8) is 0 Å². The van der Waals surface area contributed by atoms with Gasteiger partial charge >= 0.3 is 0 Å². The minimum atomic E-state index is -3.05. The summed E-state index contributed by atoms with van der Waals surface area (Å²) in [5.41, 5.74) is 0.917. The van der Waals surface area contributed by atoms with Crippen molar-refractivity contribution in [2.45, 2.75) is 56.4 Å². The highest BCUT2D eigenvalue weighted by Gasteiger charge is 2.48. The Hall–Kier alpha value is -1.05. The van der Waals surface area contributed by atoms with Crippen molar-refractivity contribution >= 4 is 44.3 Å². The maximum absolute atomic E-state index is 12.5. The fourth-order valence-electron chi connectivity index (χ4n) is 4.42. The second-order valence-corrected chi connectivity index (χ2v) is 11.8. The van der Waals surface area contributed by atoms with Gasteiger partial charge in [-0.1, -0.05) is 67.2 Å². The summed E-state index contributed by atoms with van der Waals surface area (Å²) in [5, 5.41) is 1.24. The normalized spacial score (nSPS) is 28.2. The molecule has 3 fully saturated rings. The van der Waals surface area contributed by atoms with Gasteiger partial charge in [-0.05, 0) is 24.0 Å². The summed E-state index contributed by atoms with van der Waals surface area (Å²) in [4.78, 5) is 18.9. The topological polar surface area (TPSA) is 66.8 Å². The maximum atomic E-state index is 12.5. The average molecular weight is 441 g/mol. The minimum Gasteiger partial charge on any atom is -0.342 e. The first kappa shape index (κ1) is 20.2. The number of fused-ring (bicyclic) bond motifs is 1. The average Bonchev–Trinajstić information content (AvgIpc) is 3.32. The van der Waals surface area contributed by atoms with Crippen LogP contribution in [0.2, 0.25) is 5.02 Å². The quantitative estimate of drug-likeness (QED) is 0.694. The summed E-state index contributed by atoms with van der Waals surface area (Å²) >= 11 is 7.75. The standard InChI is InChI=1S/C20H25ClN2O3S2/c21-16-8-4-3-7-15(16)11-23-17-12-28(25,26)13-18(17)27-20(23)22-19(24)10-9-14-5-1-2-6-14/h3-4,7-8,14,17-18H,1-2,5-6,9-13H2/t17-,18+/m0/s1. The highest BCUT2D eigenvalue weighted by molar-refractivity contribution is 8.15. The van der Waals surface area contributed by atoms with Crippen molar-refractivity contribution < 1.29 is 13.2 Å². The lowest BCUT2D eigenvalue weighted by Crippen LogP contribution is -2.37. The Bertz CT molecular complexity index is 881. The fourth-order valence-corrected chi connectivity index (χ4v) is 8.58. The van der Waals surface area contributed by atoms with Gasteiger partial charge < -0.3 is 4.90 Å². The Morgan fingerprint density at radius 2 is 1.96 bits per heavy atom. The first-order chi connectivity index (χ1) is 13.4. The lowest BCUT2D eigenvalue weighted by molar-refractivity contribution is -0.118. The highest BCUT2D eigenvalue weighted by atomic mass is 35.5. The van der Waals surface area contributed by atoms with E-state index in [0.717, 1.165) is 12.0 Å². The van der Waals surface area contributed by atoms with Crippen LogP contribution in [0.25, 0.3) is 0 Å². The van der Waals surface area contributed by atoms with E-state index in [-0.39, 0.29) is 28.7 Å². The molecule has 1 aromatic carbocycles. The number of sulfone groups is 1. The molecule has 0 unspecified atom stereocenters. The second kappa shape index (κ2) is 8.36. The number of benzene rings is 1. The van der Waals surface area contributed by atoms with Crippen LogP contribution in [0.3, 0.4) is 0 Å². The molecule has 5 nitrogen and oxygen atoms in total. The monoisotopic (exact) mass is 440 g/mol. The van der Waals surface area contributed by atoms with Gasteiger partial charge in [0.15, 0.2) is 15.0 Å². The molecule has 2 aliphatic heterocycles. The number of thioether (sulfide) groups is 1. The lowest BCUT2D eigenvalue weighted by atomic mass is 10.0. The smallest absolute Gasteiger partial charge is 0.248 e. The molecule has 28 heavy (non-hydrogen) atoms. The van der Waals surface area contributed by atoms with E-state index in [4.69, 9.17) is 11.6 Å². The van der Waals surface area contributed by atoms with Crippen LogP contribution in [0.5, 0.6) is 0 Å². The maximum Gasteiger partial charge on any atom is 0.248 e. The van der Waals surface area contributed by atoms with Gasteiger partial charge in [0.2, 0.25) is 5.91 Å². The Labute approximate surface area is 175 Å². The number of nitrogens with zero attached hydrogens (tertiary/aromatic N) is 2. The van der Waals surface area contributed by atoms with Crippen LogP contribution in [-0.2, 0) is 21.2 Å². The number of halogens is 1. The highest BCUT2D eigenvalue weighted by Crippen LogP contribution is 2.39. The summed E-state index contributed by atoms with van der Waals surface area (Å²) < 4.78 is 24.2. The number of amidine groups is 1. The first-order valence-electron chi connectivity index (χ1n) is 9.90. The molecule has 0 spiro atoms. The number of rotatable bonds is 5. The van der Waals surface area contributed by atoms with E-state index in [9.17, 15) is 13.2 Å². The lowest BCUT2D eigenvalue weighted by Gasteiger charge is -2.25. The van der Waals surface area contributed by atoms with E-state index in [1.807, 2.05) is 29.2 Å². The van der Waals surface area contributed by atoms with Gasteiger partial charge in [-0.25, -0.2) is 8.42 Å². The molecule has 1 aliphatic carbocycles. The van der Waals surface area contributed by atoms with Crippen LogP contribution >= 0.6 is 23.4 Å². The van der Waals surface area contributed by atoms with E-state index in [0.29, 0.717) is 29.1 Å². The van der Waals surface area contributed by atoms with Crippen LogP contribution in [0.15, 0.2) is 29.3 Å². The number of carbonyl (C=O) groups is 1. The molecular formula is C20H25ClN2O3S2. The molecule has 0 radical (unpaired) electrons. The molecular weight excluding hydrogens is 416 g/mol. The van der Waals surface area contributed by atoms with Gasteiger partial charge in [0, 0.05) is 23.2 Å². The summed E-state index contributed by atoms with van der Waals surface area (Å²) in [7, 11) is -3.05. The van der Waals surface area contributed by atoms with E-state index >= 15 is 0 Å². The van der Waals surface area contributed by atoms with Gasteiger partial charge in [-0.15, -0.1) is 0 Å². The van der Waals surface area contributed by atoms with E-state index in [1.54, 1.807) is 0 Å². The van der Waals surface area contributed by atoms with Crippen molar-refractivity contribution in [2.75, 3.05) is 11.5 Å². The fraction of sp³-hybridized carbons (Fsp3) is 0.600. The second-order valence-electron chi connectivity index (χ2n) is 8.00. The third-order valence-corrected chi connectivity index (χ3v) is 9.55. The molecule has 2 saturated heterocycles. The van der Waals surface area contributed by atoms with Crippen molar-refractivity contribution in [3.8, 4) is 0 Å². The zero-order chi connectivity index (χ0) is 19.7. The van der Waals surface area contributed by atoms with Gasteiger partial charge in [-0.2, -0.15) is 4.99 Å². The van der Waals surface area contributed by atoms with Crippen molar-refractivity contribution in [2.24, 2.45) is 10.9 Å². The SMILES string of the molecule is O=C(CCC1CCCC1)N=C1S[C@@H]2CS(=O)(=O)C[C@@H]2N1Cc1ccccc1Cl. The van der Waals surface area contributed by atoms with Crippen LogP contribution in [-0.4, -0.2) is 47.2 Å². The van der Waals surface area contributed by atoms with Gasteiger partial charge in [0.05, 0.1) is 17.5 Å². The van der Waals surface area contributed by atoms with E-state index in [2.05, 4.69) is 4.99 Å². The minimum absolute atomic E-state index is 0.0612. The third-order valence-electron chi connectivity index (χ3n) is 5.93. The van der Waals surface area contributed by atoms with Crippen molar-refractivity contribution in [1.82, 2.24) is 4.90 Å². The molecule has 1 aromatic rings. The Balaban J connectivity index is 1.51. The van der Waals surface area contributed by atoms with Gasteiger partial charge in [-0.3, -0.25) is 4.79 Å². The molecule has 0 N–H and O–H groups in total. The van der Waals surface area contributed by atoms with Crippen molar-refractivity contribution in [1.29, 1.82) is 0 Å². The molecule has 0 aromatic heterocycles. The summed E-state index contributed by atoms with van der Waals surface area (Å²) in [6, 6.07) is 7.40. The van der Waals surface area contributed by atoms with E-state index in [1.165, 1.54) is 37.4 Å². The summed E-state index contributed by atoms with van der Waals surface area (Å²) in [6.45, 7) is 0.470. The molecule has 2 atom stereocenters. The van der Waals surface area contributed by atoms with Crippen LogP contribution in [0.1, 0.15) is 44.1 Å². The van der Waals surface area contributed by atoms with Crippen molar-refractivity contribution in [3.05, 3.63) is 34.9 Å². The number of hydrogen-bond acceptors (Lipinski definition) is 4. The molecule has 1 amide bonds. The molecule has 0 bridgehead atoms. The first-order valence-corrected chi connectivity index (χ1v) is 13.0. The molecule has 2 heterocycles. The number of amides is 1. The molecule has 8 heteroatoms. The largest absolute Gasteiger partial charge is 0.342 e. The van der Waals surface area contributed by atoms with Crippen LogP contribution < -0.4 is 0 Å². The zero-order valence-electron chi connectivity index (χ0n) is 15.7. The third kappa shape index (κ3) is 4.57. The summed E-state index contributed by atoms with van der Waals surface area (Å²) in [6.07, 6.45) is 6.37. The van der Waals surface area contributed by atoms with Crippen LogP contribution in [0.4, 0.5) is 0 Å². The number of carbonyl (C=O) groups excluding carboxylic acids is 1. The Kier molecular flexibility index (Phi) is 6.04. The Morgan fingerprint density at radius 3 is 2.71 bits per heavy atom. The molecule has 152 valence electrons. The number of hydrogen-bond donors (Lipinski definition) is 0. The molecule has 1 saturated carbocycles. The zero-order valence-corrected chi connectivity index (χ0v) is 18.1. The molecule has 3 aliphatic rings. The predicted molar refractivity (Wildman–Crippen MR) is 114 cm³/mol. The predicted octanol–water partition coefficient (Wildman–Crippen LogP) is 3.91. The van der Waals surface area contributed by atoms with Crippen LogP contribution in [0, 0.1) is 5.92 Å². The molecule has 4 rings (SSSR count). The van der Waals surface area contributed by atoms with Gasteiger partial charge in [0.25, 0.3) is 0 Å². The van der Waals surface area contributed by atoms with Gasteiger partial charge in [0.1, 0.15) is 0 Å². The summed E-state index contributed by atoms with van der Waals surface area (Å²) in [5.74, 6) is 0.826. The van der Waals surface area contributed by atoms with E-state index < -0.39 is 9.84 Å². The number of aliphatic imine (C=N–C) groups is 1. The Morgan fingerprint density at radius 1 is 1.21 bits per heavy atom.